The molecule has 9 heteroatoms. The van der Waals surface area contributed by atoms with Crippen molar-refractivity contribution in [2.45, 2.75) is 13.3 Å². The monoisotopic (exact) mass is 370 g/mol. The van der Waals surface area contributed by atoms with Gasteiger partial charge in [0.25, 0.3) is 5.69 Å². The van der Waals surface area contributed by atoms with Crippen LogP contribution in [0.5, 0.6) is 0 Å². The summed E-state index contributed by atoms with van der Waals surface area (Å²) in [6.07, 6.45) is 3.80. The number of non-ortho nitro benzene ring substituents is 1. The zero-order valence-corrected chi connectivity index (χ0v) is 15.2. The molecule has 1 aliphatic heterocycles. The summed E-state index contributed by atoms with van der Waals surface area (Å²) in [5.41, 5.74) is 1.25. The van der Waals surface area contributed by atoms with E-state index in [1.807, 2.05) is 6.92 Å². The first-order valence-corrected chi connectivity index (χ1v) is 8.82. The quantitative estimate of drug-likeness (QED) is 0.611. The van der Waals surface area contributed by atoms with Crippen LogP contribution in [-0.4, -0.2) is 58.4 Å². The van der Waals surface area contributed by atoms with E-state index in [9.17, 15) is 14.9 Å². The van der Waals surface area contributed by atoms with Crippen LogP contribution in [0.15, 0.2) is 36.7 Å². The van der Waals surface area contributed by atoms with Crippen LogP contribution in [0.2, 0.25) is 0 Å². The second-order valence-corrected chi connectivity index (χ2v) is 6.43. The summed E-state index contributed by atoms with van der Waals surface area (Å²) < 4.78 is 0. The summed E-state index contributed by atoms with van der Waals surface area (Å²) in [7, 11) is 0. The number of anilines is 2. The Hall–Kier alpha value is -3.07. The van der Waals surface area contributed by atoms with Gasteiger partial charge in [0.05, 0.1) is 10.6 Å². The van der Waals surface area contributed by atoms with Gasteiger partial charge >= 0.3 is 0 Å². The summed E-state index contributed by atoms with van der Waals surface area (Å²) in [5, 5.41) is 13.7. The molecule has 0 bridgehead atoms. The number of aromatic nitrogens is 2. The van der Waals surface area contributed by atoms with E-state index in [1.54, 1.807) is 24.5 Å². The van der Waals surface area contributed by atoms with E-state index in [0.29, 0.717) is 18.7 Å². The van der Waals surface area contributed by atoms with E-state index in [-0.39, 0.29) is 11.6 Å². The number of carbonyl (C=O) groups excluding carboxylic acids is 1. The normalized spacial score (nSPS) is 14.8. The number of nitrogens with one attached hydrogen (secondary N) is 1. The number of rotatable bonds is 6. The predicted octanol–water partition coefficient (Wildman–Crippen LogP) is 1.84. The molecule has 2 heterocycles. The number of aryl methyl sites for hydroxylation is 1. The van der Waals surface area contributed by atoms with Crippen LogP contribution in [0.4, 0.5) is 17.3 Å². The molecule has 1 saturated heterocycles. The van der Waals surface area contributed by atoms with Crippen LogP contribution in [-0.2, 0) is 4.79 Å². The molecule has 0 radical (unpaired) electrons. The van der Waals surface area contributed by atoms with Gasteiger partial charge < -0.3 is 10.2 Å². The van der Waals surface area contributed by atoms with Gasteiger partial charge in [-0.3, -0.25) is 19.8 Å². The third-order valence-corrected chi connectivity index (χ3v) is 4.57. The lowest BCUT2D eigenvalue weighted by Gasteiger charge is -2.34. The largest absolute Gasteiger partial charge is 0.338 e. The Morgan fingerprint density at radius 2 is 1.93 bits per heavy atom. The molecule has 1 fully saturated rings. The van der Waals surface area contributed by atoms with Crippen molar-refractivity contribution in [2.75, 3.05) is 42.9 Å². The Bertz CT molecular complexity index is 806. The first-order valence-electron chi connectivity index (χ1n) is 8.82. The van der Waals surface area contributed by atoms with Crippen LogP contribution in [0.3, 0.4) is 0 Å². The van der Waals surface area contributed by atoms with Crippen molar-refractivity contribution < 1.29 is 9.72 Å². The molecule has 1 aliphatic rings. The zero-order valence-electron chi connectivity index (χ0n) is 15.2. The summed E-state index contributed by atoms with van der Waals surface area (Å²) in [6, 6.07) is 6.26. The lowest BCUT2D eigenvalue weighted by atomic mass is 10.1. The van der Waals surface area contributed by atoms with Crippen LogP contribution in [0.1, 0.15) is 12.0 Å². The van der Waals surface area contributed by atoms with Gasteiger partial charge in [0, 0.05) is 63.7 Å². The summed E-state index contributed by atoms with van der Waals surface area (Å²) in [6.45, 7) is 5.75. The second-order valence-electron chi connectivity index (χ2n) is 6.43. The fourth-order valence-corrected chi connectivity index (χ4v) is 2.96. The fourth-order valence-electron chi connectivity index (χ4n) is 2.96. The molecule has 0 saturated carbocycles. The number of nitro benzene ring substituents is 1. The maximum Gasteiger partial charge on any atom is 0.271 e. The maximum absolute atomic E-state index is 12.2. The average molecular weight is 370 g/mol. The minimum Gasteiger partial charge on any atom is -0.338 e. The minimum atomic E-state index is -0.467. The highest BCUT2D eigenvalue weighted by atomic mass is 16.6. The Balaban J connectivity index is 1.46. The van der Waals surface area contributed by atoms with E-state index in [0.717, 1.165) is 37.7 Å². The fraction of sp³-hybridized carbons (Fsp3) is 0.389. The maximum atomic E-state index is 12.2. The zero-order chi connectivity index (χ0) is 19.2. The van der Waals surface area contributed by atoms with E-state index < -0.39 is 4.92 Å². The predicted molar refractivity (Wildman–Crippen MR) is 102 cm³/mol. The highest BCUT2D eigenvalue weighted by Gasteiger charge is 2.19. The van der Waals surface area contributed by atoms with E-state index in [2.05, 4.69) is 25.1 Å². The van der Waals surface area contributed by atoms with E-state index in [4.69, 9.17) is 0 Å². The molecule has 3 rings (SSSR count). The van der Waals surface area contributed by atoms with Crippen molar-refractivity contribution in [3.63, 3.8) is 0 Å². The second kappa shape index (κ2) is 8.54. The molecular formula is C18H22N6O3. The molecule has 0 unspecified atom stereocenters. The number of carbonyl (C=O) groups is 1. The van der Waals surface area contributed by atoms with Crippen molar-refractivity contribution in [1.82, 2.24) is 14.9 Å². The highest BCUT2D eigenvalue weighted by molar-refractivity contribution is 5.92. The lowest BCUT2D eigenvalue weighted by Crippen LogP contribution is -2.47. The first kappa shape index (κ1) is 18.7. The molecule has 1 aromatic carbocycles. The van der Waals surface area contributed by atoms with Crippen LogP contribution < -0.4 is 10.2 Å². The van der Waals surface area contributed by atoms with Crippen molar-refractivity contribution >= 4 is 23.2 Å². The van der Waals surface area contributed by atoms with Crippen molar-refractivity contribution in [1.29, 1.82) is 0 Å². The van der Waals surface area contributed by atoms with Crippen LogP contribution >= 0.6 is 0 Å². The molecule has 27 heavy (non-hydrogen) atoms. The SMILES string of the molecule is Cc1ccc([N+](=O)[O-])cc1NC(=O)CCN1CCN(c2ncccn2)CC1. The van der Waals surface area contributed by atoms with Gasteiger partial charge in [-0.2, -0.15) is 0 Å². The molecule has 1 amide bonds. The van der Waals surface area contributed by atoms with Crippen LogP contribution in [0, 0.1) is 17.0 Å². The molecule has 0 spiro atoms. The molecular weight excluding hydrogens is 348 g/mol. The minimum absolute atomic E-state index is 0.0323. The number of amides is 1. The lowest BCUT2D eigenvalue weighted by molar-refractivity contribution is -0.384. The Morgan fingerprint density at radius 1 is 1.22 bits per heavy atom. The van der Waals surface area contributed by atoms with Gasteiger partial charge in [-0.25, -0.2) is 9.97 Å². The smallest absolute Gasteiger partial charge is 0.271 e. The van der Waals surface area contributed by atoms with Gasteiger partial charge in [0.1, 0.15) is 0 Å². The number of hydrogen-bond acceptors (Lipinski definition) is 7. The molecule has 1 N–H and O–H groups in total. The highest BCUT2D eigenvalue weighted by Crippen LogP contribution is 2.22. The molecule has 1 aromatic heterocycles. The number of hydrogen-bond donors (Lipinski definition) is 1. The third-order valence-electron chi connectivity index (χ3n) is 4.57. The Labute approximate surface area is 157 Å². The summed E-state index contributed by atoms with van der Waals surface area (Å²) in [5.74, 6) is 0.587. The van der Waals surface area contributed by atoms with Gasteiger partial charge in [0.2, 0.25) is 11.9 Å². The van der Waals surface area contributed by atoms with Gasteiger partial charge in [-0.05, 0) is 18.6 Å². The standard InChI is InChI=1S/C18H22N6O3/c1-14-3-4-15(24(26)27)13-16(14)21-17(25)5-8-22-9-11-23(12-10-22)18-19-6-2-7-20-18/h2-4,6-7,13H,5,8-12H2,1H3,(H,21,25). The molecule has 0 aliphatic carbocycles. The number of nitro groups is 1. The summed E-state index contributed by atoms with van der Waals surface area (Å²) in [4.78, 5) is 35.5. The van der Waals surface area contributed by atoms with Crippen molar-refractivity contribution in [3.8, 4) is 0 Å². The third kappa shape index (κ3) is 4.98. The van der Waals surface area contributed by atoms with Gasteiger partial charge in [-0.15, -0.1) is 0 Å². The van der Waals surface area contributed by atoms with Crippen molar-refractivity contribution in [2.24, 2.45) is 0 Å². The van der Waals surface area contributed by atoms with Crippen LogP contribution in [0.25, 0.3) is 0 Å². The summed E-state index contributed by atoms with van der Waals surface area (Å²) >= 11 is 0. The molecule has 2 aromatic rings. The number of piperazine rings is 1. The topological polar surface area (TPSA) is 104 Å². The first-order chi connectivity index (χ1) is 13.0. The van der Waals surface area contributed by atoms with Crippen molar-refractivity contribution in [3.05, 3.63) is 52.3 Å². The van der Waals surface area contributed by atoms with E-state index >= 15 is 0 Å². The molecule has 142 valence electrons. The molecule has 0 atom stereocenters. The molecule has 9 nitrogen and oxygen atoms in total. The average Bonchev–Trinajstić information content (AvgIpc) is 2.69. The Kier molecular flexibility index (Phi) is 5.92. The van der Waals surface area contributed by atoms with E-state index in [1.165, 1.54) is 12.1 Å². The van der Waals surface area contributed by atoms with Gasteiger partial charge in [-0.1, -0.05) is 6.07 Å². The number of benzene rings is 1. The van der Waals surface area contributed by atoms with Gasteiger partial charge in [0.15, 0.2) is 0 Å². The Morgan fingerprint density at radius 3 is 2.59 bits per heavy atom. The number of nitrogens with zero attached hydrogens (tertiary/aromatic N) is 5.